The molecule has 0 spiro atoms. The van der Waals surface area contributed by atoms with Gasteiger partial charge in [0, 0.05) is 23.8 Å². The van der Waals surface area contributed by atoms with E-state index in [1.807, 2.05) is 76.2 Å². The van der Waals surface area contributed by atoms with Gasteiger partial charge in [-0.3, -0.25) is 14.6 Å². The van der Waals surface area contributed by atoms with Gasteiger partial charge in [0.1, 0.15) is 0 Å². The highest BCUT2D eigenvalue weighted by atomic mass is 16.2. The number of amides is 2. The van der Waals surface area contributed by atoms with E-state index >= 15 is 0 Å². The number of carbonyl (C=O) groups is 2. The highest BCUT2D eigenvalue weighted by Crippen LogP contribution is 2.23. The Hall–Kier alpha value is -3.21. The molecule has 0 unspecified atom stereocenters. The van der Waals surface area contributed by atoms with Crippen molar-refractivity contribution in [2.75, 3.05) is 18.9 Å². The van der Waals surface area contributed by atoms with Crippen LogP contribution in [0.4, 0.5) is 5.69 Å². The topological polar surface area (TPSA) is 62.3 Å². The van der Waals surface area contributed by atoms with E-state index in [-0.39, 0.29) is 24.3 Å². The SMILES string of the molecule is Cc1ccc(C)c(NC(=O)CN(C)C(=O)c2cc(C(C)C)nc3ccccc23)c1. The van der Waals surface area contributed by atoms with E-state index in [4.69, 9.17) is 0 Å². The van der Waals surface area contributed by atoms with Gasteiger partial charge in [0.25, 0.3) is 5.91 Å². The number of anilines is 1. The minimum absolute atomic E-state index is 0.0279. The van der Waals surface area contributed by atoms with Gasteiger partial charge in [0.05, 0.1) is 17.6 Å². The molecule has 0 aliphatic heterocycles. The highest BCUT2D eigenvalue weighted by Gasteiger charge is 2.20. The zero-order chi connectivity index (χ0) is 21.1. The lowest BCUT2D eigenvalue weighted by Gasteiger charge is -2.19. The van der Waals surface area contributed by atoms with E-state index in [1.165, 1.54) is 4.90 Å². The maximum absolute atomic E-state index is 13.2. The fourth-order valence-electron chi connectivity index (χ4n) is 3.22. The van der Waals surface area contributed by atoms with Gasteiger partial charge < -0.3 is 10.2 Å². The first-order valence-electron chi connectivity index (χ1n) is 9.78. The zero-order valence-electron chi connectivity index (χ0n) is 17.6. The molecule has 5 nitrogen and oxygen atoms in total. The smallest absolute Gasteiger partial charge is 0.254 e. The van der Waals surface area contributed by atoms with Crippen molar-refractivity contribution in [3.05, 3.63) is 70.9 Å². The molecule has 3 rings (SSSR count). The molecule has 0 aliphatic carbocycles. The summed E-state index contributed by atoms with van der Waals surface area (Å²) in [6, 6.07) is 15.3. The quantitative estimate of drug-likeness (QED) is 0.689. The summed E-state index contributed by atoms with van der Waals surface area (Å²) in [5.74, 6) is -0.220. The summed E-state index contributed by atoms with van der Waals surface area (Å²) in [5, 5.41) is 3.70. The molecule has 0 saturated carbocycles. The fourth-order valence-corrected chi connectivity index (χ4v) is 3.22. The molecule has 1 aromatic heterocycles. The molecule has 2 amide bonds. The number of carbonyl (C=O) groups excluding carboxylic acids is 2. The first kappa shape index (κ1) is 20.5. The number of likely N-dealkylation sites (N-methyl/N-ethyl adjacent to an activating group) is 1. The number of benzene rings is 2. The van der Waals surface area contributed by atoms with Crippen molar-refractivity contribution < 1.29 is 9.59 Å². The number of para-hydroxylation sites is 1. The molecule has 0 aliphatic rings. The molecule has 0 saturated heterocycles. The normalized spacial score (nSPS) is 11.0. The van der Waals surface area contributed by atoms with Crippen molar-refractivity contribution in [3.8, 4) is 0 Å². The first-order chi connectivity index (χ1) is 13.8. The number of nitrogens with zero attached hydrogens (tertiary/aromatic N) is 2. The Morgan fingerprint density at radius 2 is 1.79 bits per heavy atom. The van der Waals surface area contributed by atoms with Crippen LogP contribution in [0.3, 0.4) is 0 Å². The number of rotatable bonds is 5. The largest absolute Gasteiger partial charge is 0.332 e. The molecular weight excluding hydrogens is 362 g/mol. The second kappa shape index (κ2) is 8.43. The third kappa shape index (κ3) is 4.62. The van der Waals surface area contributed by atoms with E-state index in [0.29, 0.717) is 5.56 Å². The number of pyridine rings is 1. The minimum atomic E-state index is -0.225. The second-order valence-electron chi connectivity index (χ2n) is 7.79. The maximum atomic E-state index is 13.2. The monoisotopic (exact) mass is 389 g/mol. The van der Waals surface area contributed by atoms with Gasteiger partial charge in [-0.15, -0.1) is 0 Å². The van der Waals surface area contributed by atoms with Crippen LogP contribution in [-0.2, 0) is 4.79 Å². The predicted octanol–water partition coefficient (Wildman–Crippen LogP) is 4.69. The van der Waals surface area contributed by atoms with E-state index in [9.17, 15) is 9.59 Å². The number of aryl methyl sites for hydroxylation is 2. The lowest BCUT2D eigenvalue weighted by Crippen LogP contribution is -2.35. The summed E-state index contributed by atoms with van der Waals surface area (Å²) in [6.07, 6.45) is 0. The average molecular weight is 389 g/mol. The van der Waals surface area contributed by atoms with Crippen LogP contribution in [-0.4, -0.2) is 35.3 Å². The Morgan fingerprint density at radius 1 is 1.07 bits per heavy atom. The highest BCUT2D eigenvalue weighted by molar-refractivity contribution is 6.07. The van der Waals surface area contributed by atoms with Gasteiger partial charge in [0.15, 0.2) is 0 Å². The van der Waals surface area contributed by atoms with Crippen molar-refractivity contribution >= 4 is 28.4 Å². The van der Waals surface area contributed by atoms with Crippen LogP contribution in [0.25, 0.3) is 10.9 Å². The molecule has 0 bridgehead atoms. The lowest BCUT2D eigenvalue weighted by molar-refractivity contribution is -0.116. The Morgan fingerprint density at radius 3 is 2.52 bits per heavy atom. The van der Waals surface area contributed by atoms with Crippen molar-refractivity contribution in [2.45, 2.75) is 33.6 Å². The van der Waals surface area contributed by atoms with Gasteiger partial charge in [-0.25, -0.2) is 0 Å². The molecule has 0 radical (unpaired) electrons. The Labute approximate surface area is 171 Å². The second-order valence-corrected chi connectivity index (χ2v) is 7.79. The number of fused-ring (bicyclic) bond motifs is 1. The Kier molecular flexibility index (Phi) is 5.97. The molecule has 1 heterocycles. The lowest BCUT2D eigenvalue weighted by atomic mass is 10.0. The third-order valence-corrected chi connectivity index (χ3v) is 4.95. The van der Waals surface area contributed by atoms with Crippen LogP contribution in [0, 0.1) is 13.8 Å². The summed E-state index contributed by atoms with van der Waals surface area (Å²) in [7, 11) is 1.65. The van der Waals surface area contributed by atoms with Crippen molar-refractivity contribution in [1.29, 1.82) is 0 Å². The van der Waals surface area contributed by atoms with Crippen LogP contribution < -0.4 is 5.32 Å². The van der Waals surface area contributed by atoms with Gasteiger partial charge in [-0.2, -0.15) is 0 Å². The number of nitrogens with one attached hydrogen (secondary N) is 1. The van der Waals surface area contributed by atoms with Crippen LogP contribution >= 0.6 is 0 Å². The van der Waals surface area contributed by atoms with Crippen molar-refractivity contribution in [3.63, 3.8) is 0 Å². The number of hydrogen-bond donors (Lipinski definition) is 1. The summed E-state index contributed by atoms with van der Waals surface area (Å²) in [4.78, 5) is 31.8. The molecule has 0 fully saturated rings. The number of hydrogen-bond acceptors (Lipinski definition) is 3. The van der Waals surface area contributed by atoms with E-state index in [1.54, 1.807) is 7.05 Å². The van der Waals surface area contributed by atoms with E-state index < -0.39 is 0 Å². The Balaban J connectivity index is 1.83. The van der Waals surface area contributed by atoms with Crippen LogP contribution in [0.1, 0.15) is 46.9 Å². The predicted molar refractivity (Wildman–Crippen MR) is 117 cm³/mol. The molecule has 29 heavy (non-hydrogen) atoms. The Bertz CT molecular complexity index is 1070. The summed E-state index contributed by atoms with van der Waals surface area (Å²) < 4.78 is 0. The molecule has 2 aromatic carbocycles. The summed E-state index contributed by atoms with van der Waals surface area (Å²) in [6.45, 7) is 7.99. The van der Waals surface area contributed by atoms with Crippen molar-refractivity contribution in [1.82, 2.24) is 9.88 Å². The minimum Gasteiger partial charge on any atom is -0.332 e. The van der Waals surface area contributed by atoms with Gasteiger partial charge in [0.2, 0.25) is 5.91 Å². The summed E-state index contributed by atoms with van der Waals surface area (Å²) >= 11 is 0. The van der Waals surface area contributed by atoms with E-state index in [0.717, 1.165) is 33.4 Å². The molecular formula is C24H27N3O2. The van der Waals surface area contributed by atoms with Gasteiger partial charge in [-0.1, -0.05) is 44.2 Å². The molecule has 0 atom stereocenters. The van der Waals surface area contributed by atoms with Gasteiger partial charge >= 0.3 is 0 Å². The van der Waals surface area contributed by atoms with Crippen LogP contribution in [0.15, 0.2) is 48.5 Å². The molecule has 150 valence electrons. The first-order valence-corrected chi connectivity index (χ1v) is 9.78. The molecule has 5 heteroatoms. The number of aromatic nitrogens is 1. The molecule has 1 N–H and O–H groups in total. The average Bonchev–Trinajstić information content (AvgIpc) is 2.69. The maximum Gasteiger partial charge on any atom is 0.254 e. The summed E-state index contributed by atoms with van der Waals surface area (Å²) in [5.41, 5.74) is 5.05. The van der Waals surface area contributed by atoms with E-state index in [2.05, 4.69) is 10.3 Å². The molecule has 3 aromatic rings. The van der Waals surface area contributed by atoms with Crippen LogP contribution in [0.5, 0.6) is 0 Å². The zero-order valence-corrected chi connectivity index (χ0v) is 17.6. The van der Waals surface area contributed by atoms with Crippen LogP contribution in [0.2, 0.25) is 0 Å². The standard InChI is InChI=1S/C24H27N3O2/c1-15(2)21-13-19(18-8-6-7-9-20(18)25-21)24(29)27(5)14-23(28)26-22-12-16(3)10-11-17(22)4/h6-13,15H,14H2,1-5H3,(H,26,28). The third-order valence-electron chi connectivity index (χ3n) is 4.95. The van der Waals surface area contributed by atoms with Gasteiger partial charge in [-0.05, 0) is 49.1 Å². The van der Waals surface area contributed by atoms with Crippen molar-refractivity contribution in [2.24, 2.45) is 0 Å². The fraction of sp³-hybridized carbons (Fsp3) is 0.292.